The minimum atomic E-state index is -4.55. The van der Waals surface area contributed by atoms with Gasteiger partial charge in [-0.2, -0.15) is 13.2 Å². The van der Waals surface area contributed by atoms with Crippen LogP contribution < -0.4 is 11.0 Å². The third kappa shape index (κ3) is 2.63. The zero-order chi connectivity index (χ0) is 16.1. The molecular formula is C14H15ClF3N3O. The third-order valence-corrected chi connectivity index (χ3v) is 4.38. The van der Waals surface area contributed by atoms with Gasteiger partial charge in [0.05, 0.1) is 21.6 Å². The molecule has 0 aliphatic carbocycles. The van der Waals surface area contributed by atoms with E-state index < -0.39 is 22.5 Å². The summed E-state index contributed by atoms with van der Waals surface area (Å²) in [5.74, 6) is 0. The molecule has 1 aliphatic heterocycles. The molecule has 1 aromatic carbocycles. The second-order valence-electron chi connectivity index (χ2n) is 5.68. The van der Waals surface area contributed by atoms with Crippen LogP contribution >= 0.6 is 11.6 Å². The van der Waals surface area contributed by atoms with Crippen LogP contribution in [0, 0.1) is 0 Å². The Morgan fingerprint density at radius 3 is 2.73 bits per heavy atom. The zero-order valence-electron chi connectivity index (χ0n) is 11.8. The third-order valence-electron chi connectivity index (χ3n) is 4.07. The standard InChI is InChI=1S/C14H15ClF3N3O/c1-7-4-8(2-3-19-7)21-12-6-10(15)9(14(16,17)18)5-11(12)20-13(21)22/h5-8,19H,2-4H2,1H3,(H,20,22). The van der Waals surface area contributed by atoms with E-state index in [2.05, 4.69) is 10.3 Å². The van der Waals surface area contributed by atoms with Gasteiger partial charge in [-0.1, -0.05) is 11.6 Å². The first-order chi connectivity index (χ1) is 10.3. The van der Waals surface area contributed by atoms with Crippen LogP contribution in [0.4, 0.5) is 13.2 Å². The molecule has 4 nitrogen and oxygen atoms in total. The SMILES string of the molecule is CC1CC(n2c(=O)[nH]c3cc(C(F)(F)F)c(Cl)cc32)CCN1. The lowest BCUT2D eigenvalue weighted by atomic mass is 10.0. The van der Waals surface area contributed by atoms with Gasteiger partial charge in [0.2, 0.25) is 0 Å². The highest BCUT2D eigenvalue weighted by atomic mass is 35.5. The molecule has 1 saturated heterocycles. The largest absolute Gasteiger partial charge is 0.417 e. The number of hydrogen-bond donors (Lipinski definition) is 2. The van der Waals surface area contributed by atoms with Crippen molar-refractivity contribution in [3.05, 3.63) is 33.2 Å². The lowest BCUT2D eigenvalue weighted by molar-refractivity contribution is -0.137. The van der Waals surface area contributed by atoms with Crippen LogP contribution in [0.15, 0.2) is 16.9 Å². The Bertz CT molecular complexity index is 765. The van der Waals surface area contributed by atoms with Crippen LogP contribution in [0.3, 0.4) is 0 Å². The molecule has 2 N–H and O–H groups in total. The molecule has 1 aliphatic rings. The molecule has 2 heterocycles. The molecule has 0 spiro atoms. The summed E-state index contributed by atoms with van der Waals surface area (Å²) in [6.07, 6.45) is -3.06. The summed E-state index contributed by atoms with van der Waals surface area (Å²) < 4.78 is 40.2. The molecule has 0 bridgehead atoms. The van der Waals surface area contributed by atoms with Crippen molar-refractivity contribution in [2.24, 2.45) is 0 Å². The number of rotatable bonds is 1. The number of imidazole rings is 1. The lowest BCUT2D eigenvalue weighted by Gasteiger charge is -2.28. The number of H-pyrrole nitrogens is 1. The maximum atomic E-state index is 12.9. The first kappa shape index (κ1) is 15.4. The van der Waals surface area contributed by atoms with Crippen LogP contribution in [0.2, 0.25) is 5.02 Å². The first-order valence-electron chi connectivity index (χ1n) is 7.01. The Balaban J connectivity index is 2.14. The smallest absolute Gasteiger partial charge is 0.314 e. The summed E-state index contributed by atoms with van der Waals surface area (Å²) in [7, 11) is 0. The second-order valence-corrected chi connectivity index (χ2v) is 6.09. The number of benzene rings is 1. The fraction of sp³-hybridized carbons (Fsp3) is 0.500. The Hall–Kier alpha value is -1.47. The van der Waals surface area contributed by atoms with E-state index >= 15 is 0 Å². The Kier molecular flexibility index (Phi) is 3.72. The molecule has 1 aromatic heterocycles. The fourth-order valence-corrected chi connectivity index (χ4v) is 3.33. The van der Waals surface area contributed by atoms with E-state index in [9.17, 15) is 18.0 Å². The quantitative estimate of drug-likeness (QED) is 0.841. The molecular weight excluding hydrogens is 319 g/mol. The molecule has 1 fully saturated rings. The molecule has 2 atom stereocenters. The van der Waals surface area contributed by atoms with Gasteiger partial charge in [0.15, 0.2) is 0 Å². The van der Waals surface area contributed by atoms with Crippen molar-refractivity contribution in [2.45, 2.75) is 38.0 Å². The minimum Gasteiger partial charge on any atom is -0.314 e. The highest BCUT2D eigenvalue weighted by Gasteiger charge is 2.34. The number of nitrogens with one attached hydrogen (secondary N) is 2. The first-order valence-corrected chi connectivity index (χ1v) is 7.39. The number of hydrogen-bond acceptors (Lipinski definition) is 2. The van der Waals surface area contributed by atoms with E-state index in [4.69, 9.17) is 11.6 Å². The van der Waals surface area contributed by atoms with Crippen molar-refractivity contribution >= 4 is 22.6 Å². The van der Waals surface area contributed by atoms with Gasteiger partial charge in [0.25, 0.3) is 0 Å². The van der Waals surface area contributed by atoms with E-state index in [1.165, 1.54) is 10.6 Å². The van der Waals surface area contributed by atoms with E-state index in [1.54, 1.807) is 0 Å². The molecule has 0 radical (unpaired) electrons. The van der Waals surface area contributed by atoms with E-state index in [0.717, 1.165) is 25.5 Å². The summed E-state index contributed by atoms with van der Waals surface area (Å²) in [6, 6.07) is 2.33. The van der Waals surface area contributed by atoms with Gasteiger partial charge in [-0.05, 0) is 38.4 Å². The van der Waals surface area contributed by atoms with Gasteiger partial charge in [-0.3, -0.25) is 4.57 Å². The van der Waals surface area contributed by atoms with Crippen molar-refractivity contribution in [3.8, 4) is 0 Å². The lowest BCUT2D eigenvalue weighted by Crippen LogP contribution is -2.38. The van der Waals surface area contributed by atoms with E-state index in [0.29, 0.717) is 5.52 Å². The van der Waals surface area contributed by atoms with Gasteiger partial charge >= 0.3 is 11.9 Å². The number of alkyl halides is 3. The van der Waals surface area contributed by atoms with Crippen LogP contribution in [-0.4, -0.2) is 22.1 Å². The summed E-state index contributed by atoms with van der Waals surface area (Å²) >= 11 is 5.78. The fourth-order valence-electron chi connectivity index (χ4n) is 3.07. The number of aromatic amines is 1. The molecule has 2 unspecified atom stereocenters. The Morgan fingerprint density at radius 1 is 1.36 bits per heavy atom. The van der Waals surface area contributed by atoms with Crippen molar-refractivity contribution in [3.63, 3.8) is 0 Å². The predicted octanol–water partition coefficient (Wildman–Crippen LogP) is 3.31. The van der Waals surface area contributed by atoms with Gasteiger partial charge in [-0.25, -0.2) is 4.79 Å². The maximum Gasteiger partial charge on any atom is 0.417 e. The molecule has 8 heteroatoms. The monoisotopic (exact) mass is 333 g/mol. The predicted molar refractivity (Wildman–Crippen MR) is 78.3 cm³/mol. The summed E-state index contributed by atoms with van der Waals surface area (Å²) in [6.45, 7) is 2.78. The Morgan fingerprint density at radius 2 is 2.09 bits per heavy atom. The number of aromatic nitrogens is 2. The second kappa shape index (κ2) is 5.31. The molecule has 0 amide bonds. The van der Waals surface area contributed by atoms with Crippen molar-refractivity contribution in [1.29, 1.82) is 0 Å². The van der Waals surface area contributed by atoms with E-state index in [-0.39, 0.29) is 17.6 Å². The topological polar surface area (TPSA) is 49.8 Å². The maximum absolute atomic E-state index is 12.9. The van der Waals surface area contributed by atoms with Gasteiger partial charge in [0, 0.05) is 12.1 Å². The molecule has 2 aromatic rings. The van der Waals surface area contributed by atoms with Gasteiger partial charge < -0.3 is 10.3 Å². The highest BCUT2D eigenvalue weighted by molar-refractivity contribution is 6.32. The van der Waals surface area contributed by atoms with Crippen LogP contribution in [0.1, 0.15) is 31.4 Å². The summed E-state index contributed by atoms with van der Waals surface area (Å²) in [5, 5.41) is 2.89. The highest BCUT2D eigenvalue weighted by Crippen LogP contribution is 2.37. The zero-order valence-corrected chi connectivity index (χ0v) is 12.6. The summed E-state index contributed by atoms with van der Waals surface area (Å²) in [5.41, 5.74) is -0.756. The average molecular weight is 334 g/mol. The molecule has 120 valence electrons. The molecule has 3 rings (SSSR count). The number of fused-ring (bicyclic) bond motifs is 1. The van der Waals surface area contributed by atoms with Crippen LogP contribution in [-0.2, 0) is 6.18 Å². The van der Waals surface area contributed by atoms with Gasteiger partial charge in [0.1, 0.15) is 0 Å². The molecule has 22 heavy (non-hydrogen) atoms. The number of piperidine rings is 1. The normalized spacial score (nSPS) is 23.1. The van der Waals surface area contributed by atoms with Crippen molar-refractivity contribution in [2.75, 3.05) is 6.54 Å². The molecule has 0 saturated carbocycles. The van der Waals surface area contributed by atoms with Crippen molar-refractivity contribution in [1.82, 2.24) is 14.9 Å². The van der Waals surface area contributed by atoms with Crippen LogP contribution in [0.5, 0.6) is 0 Å². The van der Waals surface area contributed by atoms with Gasteiger partial charge in [-0.15, -0.1) is 0 Å². The van der Waals surface area contributed by atoms with E-state index in [1.807, 2.05) is 6.92 Å². The average Bonchev–Trinajstić information content (AvgIpc) is 2.71. The van der Waals surface area contributed by atoms with Crippen LogP contribution in [0.25, 0.3) is 11.0 Å². The number of halogens is 4. The number of nitrogens with zero attached hydrogens (tertiary/aromatic N) is 1. The Labute approximate surface area is 129 Å². The summed E-state index contributed by atoms with van der Waals surface area (Å²) in [4.78, 5) is 14.7. The van der Waals surface area contributed by atoms with Crippen molar-refractivity contribution < 1.29 is 13.2 Å². The minimum absolute atomic E-state index is 0.0506.